The van der Waals surface area contributed by atoms with Gasteiger partial charge in [0.1, 0.15) is 16.3 Å². The van der Waals surface area contributed by atoms with Crippen LogP contribution in [-0.2, 0) is 16.6 Å². The lowest BCUT2D eigenvalue weighted by molar-refractivity contribution is 0.0695. The zero-order valence-electron chi connectivity index (χ0n) is 18.1. The monoisotopic (exact) mass is 469 g/mol. The summed E-state index contributed by atoms with van der Waals surface area (Å²) in [5.74, 6) is -1.25. The molecule has 3 aromatic rings. The van der Waals surface area contributed by atoms with E-state index in [9.17, 15) is 22.4 Å². The van der Waals surface area contributed by atoms with Crippen LogP contribution in [0.3, 0.4) is 0 Å². The molecule has 0 spiro atoms. The molecular formula is C24H24FN3O4S. The molecule has 0 unspecified atom stereocenters. The van der Waals surface area contributed by atoms with Gasteiger partial charge >= 0.3 is 0 Å². The largest absolute Gasteiger partial charge is 0.336 e. The SMILES string of the molecule is Cc1cccc(Cn2cccc(C(=O)N3CCN(S(=O)(=O)c4ccccc4F)CC3)c2=O)c1. The number of hydrogen-bond acceptors (Lipinski definition) is 4. The number of sulfonamides is 1. The van der Waals surface area contributed by atoms with Crippen molar-refractivity contribution in [2.75, 3.05) is 26.2 Å². The van der Waals surface area contributed by atoms with E-state index in [4.69, 9.17) is 0 Å². The summed E-state index contributed by atoms with van der Waals surface area (Å²) >= 11 is 0. The van der Waals surface area contributed by atoms with Crippen LogP contribution in [0.15, 0.2) is 76.6 Å². The predicted octanol–water partition coefficient (Wildman–Crippen LogP) is 2.49. The average molecular weight is 470 g/mol. The number of aromatic nitrogens is 1. The van der Waals surface area contributed by atoms with Gasteiger partial charge < -0.3 is 9.47 Å². The normalized spacial score (nSPS) is 14.9. The number of hydrogen-bond donors (Lipinski definition) is 0. The van der Waals surface area contributed by atoms with Crippen LogP contribution in [0.1, 0.15) is 21.5 Å². The lowest BCUT2D eigenvalue weighted by Crippen LogP contribution is -2.51. The van der Waals surface area contributed by atoms with Gasteiger partial charge in [-0.2, -0.15) is 4.31 Å². The quantitative estimate of drug-likeness (QED) is 0.575. The van der Waals surface area contributed by atoms with E-state index in [0.717, 1.165) is 21.5 Å². The third-order valence-corrected chi connectivity index (χ3v) is 7.60. The number of halogens is 1. The molecule has 0 N–H and O–H groups in total. The van der Waals surface area contributed by atoms with Crippen LogP contribution in [0.25, 0.3) is 0 Å². The van der Waals surface area contributed by atoms with Crippen molar-refractivity contribution in [1.82, 2.24) is 13.8 Å². The molecule has 0 atom stereocenters. The van der Waals surface area contributed by atoms with Gasteiger partial charge in [-0.25, -0.2) is 12.8 Å². The average Bonchev–Trinajstić information content (AvgIpc) is 2.80. The predicted molar refractivity (Wildman–Crippen MR) is 122 cm³/mol. The Kier molecular flexibility index (Phi) is 6.44. The van der Waals surface area contributed by atoms with E-state index in [-0.39, 0.29) is 36.6 Å². The highest BCUT2D eigenvalue weighted by Gasteiger charge is 2.32. The molecule has 2 heterocycles. The first-order valence-electron chi connectivity index (χ1n) is 10.6. The Balaban J connectivity index is 1.48. The third-order valence-electron chi connectivity index (χ3n) is 5.67. The summed E-state index contributed by atoms with van der Waals surface area (Å²) in [5.41, 5.74) is 1.67. The summed E-state index contributed by atoms with van der Waals surface area (Å²) < 4.78 is 42.2. The summed E-state index contributed by atoms with van der Waals surface area (Å²) in [6, 6.07) is 16.1. The number of aryl methyl sites for hydroxylation is 1. The zero-order valence-corrected chi connectivity index (χ0v) is 19.0. The second-order valence-corrected chi connectivity index (χ2v) is 9.88. The minimum absolute atomic E-state index is 0.0206. The van der Waals surface area contributed by atoms with Crippen molar-refractivity contribution < 1.29 is 17.6 Å². The van der Waals surface area contributed by atoms with E-state index in [0.29, 0.717) is 6.54 Å². The maximum absolute atomic E-state index is 14.0. The fourth-order valence-electron chi connectivity index (χ4n) is 3.93. The fourth-order valence-corrected chi connectivity index (χ4v) is 5.41. The van der Waals surface area contributed by atoms with Gasteiger partial charge in [-0.1, -0.05) is 42.0 Å². The zero-order chi connectivity index (χ0) is 23.6. The summed E-state index contributed by atoms with van der Waals surface area (Å²) in [6.07, 6.45) is 1.64. The van der Waals surface area contributed by atoms with Gasteiger partial charge in [-0.3, -0.25) is 9.59 Å². The molecular weight excluding hydrogens is 445 g/mol. The number of nitrogens with zero attached hydrogens (tertiary/aromatic N) is 3. The van der Waals surface area contributed by atoms with Crippen LogP contribution in [-0.4, -0.2) is 54.3 Å². The molecule has 1 aliphatic rings. The molecule has 1 saturated heterocycles. The lowest BCUT2D eigenvalue weighted by Gasteiger charge is -2.34. The van der Waals surface area contributed by atoms with Crippen LogP contribution in [0.4, 0.5) is 4.39 Å². The highest BCUT2D eigenvalue weighted by atomic mass is 32.2. The van der Waals surface area contributed by atoms with Gasteiger partial charge in [0.25, 0.3) is 11.5 Å². The van der Waals surface area contributed by atoms with E-state index in [1.807, 2.05) is 31.2 Å². The number of piperazine rings is 1. The maximum atomic E-state index is 14.0. The van der Waals surface area contributed by atoms with Crippen molar-refractivity contribution in [3.8, 4) is 0 Å². The molecule has 1 fully saturated rings. The van der Waals surface area contributed by atoms with Crippen LogP contribution >= 0.6 is 0 Å². The highest BCUT2D eigenvalue weighted by molar-refractivity contribution is 7.89. The first-order chi connectivity index (χ1) is 15.8. The van der Waals surface area contributed by atoms with Crippen molar-refractivity contribution in [2.45, 2.75) is 18.4 Å². The standard InChI is InChI=1S/C24H24FN3O4S/c1-18-6-4-7-19(16-18)17-27-11-5-8-20(24(27)30)23(29)26-12-14-28(15-13-26)33(31,32)22-10-3-2-9-21(22)25/h2-11,16H,12-15,17H2,1H3. The molecule has 0 aliphatic carbocycles. The van der Waals surface area contributed by atoms with Gasteiger partial charge in [0.05, 0.1) is 6.54 Å². The van der Waals surface area contributed by atoms with E-state index in [1.54, 1.807) is 12.3 Å². The second-order valence-electron chi connectivity index (χ2n) is 7.97. The lowest BCUT2D eigenvalue weighted by atomic mass is 10.1. The fraction of sp³-hybridized carbons (Fsp3) is 0.250. The van der Waals surface area contributed by atoms with Crippen molar-refractivity contribution in [2.24, 2.45) is 0 Å². The number of benzene rings is 2. The highest BCUT2D eigenvalue weighted by Crippen LogP contribution is 2.20. The number of carbonyl (C=O) groups is 1. The van der Waals surface area contributed by atoms with Gasteiger partial charge in [0, 0.05) is 32.4 Å². The second kappa shape index (κ2) is 9.29. The Bertz CT molecular complexity index is 1350. The van der Waals surface area contributed by atoms with E-state index in [1.165, 1.54) is 33.7 Å². The molecule has 0 radical (unpaired) electrons. The first-order valence-corrected chi connectivity index (χ1v) is 12.0. The van der Waals surface area contributed by atoms with Crippen LogP contribution in [0, 0.1) is 12.7 Å². The van der Waals surface area contributed by atoms with E-state index < -0.39 is 27.3 Å². The Hall–Kier alpha value is -3.30. The summed E-state index contributed by atoms with van der Waals surface area (Å²) in [4.78, 5) is 27.1. The molecule has 9 heteroatoms. The summed E-state index contributed by atoms with van der Waals surface area (Å²) in [6.45, 7) is 2.57. The smallest absolute Gasteiger partial charge is 0.263 e. The summed E-state index contributed by atoms with van der Waals surface area (Å²) in [7, 11) is -4.00. The van der Waals surface area contributed by atoms with Gasteiger partial charge in [-0.15, -0.1) is 0 Å². The molecule has 1 aromatic heterocycles. The van der Waals surface area contributed by atoms with Crippen LogP contribution < -0.4 is 5.56 Å². The molecule has 0 saturated carbocycles. The molecule has 0 bridgehead atoms. The van der Waals surface area contributed by atoms with Gasteiger partial charge in [0.2, 0.25) is 10.0 Å². The van der Waals surface area contributed by atoms with Gasteiger partial charge in [0.15, 0.2) is 0 Å². The van der Waals surface area contributed by atoms with Crippen LogP contribution in [0.5, 0.6) is 0 Å². The Morgan fingerprint density at radius 3 is 2.39 bits per heavy atom. The molecule has 2 aromatic carbocycles. The molecule has 1 aliphatic heterocycles. The molecule has 4 rings (SSSR count). The number of pyridine rings is 1. The number of rotatable bonds is 5. The minimum Gasteiger partial charge on any atom is -0.336 e. The van der Waals surface area contributed by atoms with Crippen molar-refractivity contribution >= 4 is 15.9 Å². The first kappa shape index (κ1) is 22.9. The van der Waals surface area contributed by atoms with E-state index in [2.05, 4.69) is 0 Å². The number of carbonyl (C=O) groups excluding carboxylic acids is 1. The van der Waals surface area contributed by atoms with Gasteiger partial charge in [-0.05, 0) is 36.8 Å². The molecule has 172 valence electrons. The topological polar surface area (TPSA) is 79.7 Å². The number of amides is 1. The Morgan fingerprint density at radius 1 is 0.970 bits per heavy atom. The van der Waals surface area contributed by atoms with Crippen molar-refractivity contribution in [3.63, 3.8) is 0 Å². The Morgan fingerprint density at radius 2 is 1.70 bits per heavy atom. The van der Waals surface area contributed by atoms with Crippen molar-refractivity contribution in [1.29, 1.82) is 0 Å². The molecule has 7 nitrogen and oxygen atoms in total. The summed E-state index contributed by atoms with van der Waals surface area (Å²) in [5, 5.41) is 0. The minimum atomic E-state index is -4.00. The van der Waals surface area contributed by atoms with E-state index >= 15 is 0 Å². The van der Waals surface area contributed by atoms with Crippen molar-refractivity contribution in [3.05, 3.63) is 99.7 Å². The third kappa shape index (κ3) is 4.74. The maximum Gasteiger partial charge on any atom is 0.263 e. The van der Waals surface area contributed by atoms with Crippen LogP contribution in [0.2, 0.25) is 0 Å². The molecule has 1 amide bonds. The Labute approximate surface area is 191 Å². The molecule has 33 heavy (non-hydrogen) atoms.